The van der Waals surface area contributed by atoms with Gasteiger partial charge in [0.05, 0.1) is 5.56 Å². The molecule has 1 aromatic rings. The van der Waals surface area contributed by atoms with Crippen molar-refractivity contribution in [2.24, 2.45) is 23.7 Å². The topological polar surface area (TPSA) is 12.9 Å². The summed E-state index contributed by atoms with van der Waals surface area (Å²) >= 11 is 0. The van der Waals surface area contributed by atoms with Crippen molar-refractivity contribution in [1.82, 2.24) is 4.98 Å². The highest BCUT2D eigenvalue weighted by atomic mass is 19.2. The number of hydrogen-bond donors (Lipinski definition) is 0. The van der Waals surface area contributed by atoms with Crippen LogP contribution in [0.3, 0.4) is 0 Å². The largest absolute Gasteiger partial charge is 0.251 e. The lowest BCUT2D eigenvalue weighted by Gasteiger charge is -2.37. The number of hydrogen-bond acceptors (Lipinski definition) is 1. The third-order valence-corrected chi connectivity index (χ3v) is 6.59. The molecular formula is C23H30F3N. The first-order valence-corrected chi connectivity index (χ1v) is 10.6. The lowest BCUT2D eigenvalue weighted by Crippen LogP contribution is -2.25. The van der Waals surface area contributed by atoms with E-state index in [0.717, 1.165) is 36.7 Å². The van der Waals surface area contributed by atoms with Crippen molar-refractivity contribution >= 4 is 0 Å². The van der Waals surface area contributed by atoms with Crippen LogP contribution >= 0.6 is 0 Å². The van der Waals surface area contributed by atoms with E-state index in [1.165, 1.54) is 57.8 Å². The van der Waals surface area contributed by atoms with Crippen LogP contribution < -0.4 is 0 Å². The average molecular weight is 377 g/mol. The van der Waals surface area contributed by atoms with E-state index >= 15 is 0 Å². The van der Waals surface area contributed by atoms with E-state index in [0.29, 0.717) is 0 Å². The molecule has 0 bridgehead atoms. The van der Waals surface area contributed by atoms with Gasteiger partial charge in [-0.15, -0.1) is 0 Å². The highest BCUT2D eigenvalue weighted by molar-refractivity contribution is 5.33. The van der Waals surface area contributed by atoms with Crippen LogP contribution in [0.2, 0.25) is 0 Å². The zero-order valence-electron chi connectivity index (χ0n) is 16.2. The molecule has 2 fully saturated rings. The molecular weight excluding hydrogens is 347 g/mol. The summed E-state index contributed by atoms with van der Waals surface area (Å²) in [5.41, 5.74) is -0.151. The maximum Gasteiger partial charge on any atom is 0.251 e. The zero-order valence-corrected chi connectivity index (χ0v) is 16.2. The van der Waals surface area contributed by atoms with Crippen molar-refractivity contribution in [1.29, 1.82) is 0 Å². The van der Waals surface area contributed by atoms with Gasteiger partial charge in [-0.25, -0.2) is 4.39 Å². The molecule has 0 unspecified atom stereocenters. The third-order valence-electron chi connectivity index (χ3n) is 6.59. The van der Waals surface area contributed by atoms with Crippen molar-refractivity contribution in [3.8, 4) is 11.8 Å². The lowest BCUT2D eigenvalue weighted by molar-refractivity contribution is 0.153. The molecule has 2 aliphatic rings. The van der Waals surface area contributed by atoms with Crippen LogP contribution in [-0.4, -0.2) is 4.98 Å². The predicted molar refractivity (Wildman–Crippen MR) is 101 cm³/mol. The number of halogens is 3. The van der Waals surface area contributed by atoms with Crippen LogP contribution in [0.15, 0.2) is 6.07 Å². The molecule has 0 atom stereocenters. The van der Waals surface area contributed by atoms with Crippen LogP contribution in [0.25, 0.3) is 0 Å². The van der Waals surface area contributed by atoms with Gasteiger partial charge in [0.15, 0.2) is 5.82 Å². The summed E-state index contributed by atoms with van der Waals surface area (Å²) in [5, 5.41) is 0. The van der Waals surface area contributed by atoms with Gasteiger partial charge in [-0.3, -0.25) is 0 Å². The van der Waals surface area contributed by atoms with Gasteiger partial charge in [-0.1, -0.05) is 50.9 Å². The summed E-state index contributed by atoms with van der Waals surface area (Å²) < 4.78 is 39.7. The van der Waals surface area contributed by atoms with Crippen molar-refractivity contribution < 1.29 is 13.2 Å². The predicted octanol–water partition coefficient (Wildman–Crippen LogP) is 6.65. The van der Waals surface area contributed by atoms with E-state index in [9.17, 15) is 13.2 Å². The zero-order chi connectivity index (χ0) is 19.2. The minimum atomic E-state index is -1.41. The van der Waals surface area contributed by atoms with Gasteiger partial charge in [0.25, 0.3) is 5.95 Å². The maximum absolute atomic E-state index is 13.6. The minimum absolute atomic E-state index is 0.151. The molecule has 0 radical (unpaired) electrons. The third kappa shape index (κ3) is 5.50. The highest BCUT2D eigenvalue weighted by Crippen LogP contribution is 2.42. The summed E-state index contributed by atoms with van der Waals surface area (Å²) in [6, 6.07) is 0.799. The van der Waals surface area contributed by atoms with Crippen LogP contribution in [0.1, 0.15) is 83.1 Å². The fraction of sp³-hybridized carbons (Fsp3) is 0.696. The van der Waals surface area contributed by atoms with Gasteiger partial charge in [0.1, 0.15) is 0 Å². The van der Waals surface area contributed by atoms with Gasteiger partial charge in [-0.2, -0.15) is 13.8 Å². The molecule has 4 heteroatoms. The minimum Gasteiger partial charge on any atom is -0.202 e. The molecule has 27 heavy (non-hydrogen) atoms. The number of nitrogens with zero attached hydrogens (tertiary/aromatic N) is 1. The molecule has 148 valence electrons. The van der Waals surface area contributed by atoms with Crippen LogP contribution in [0.4, 0.5) is 13.2 Å². The van der Waals surface area contributed by atoms with Crippen molar-refractivity contribution in [3.63, 3.8) is 0 Å². The Balaban J connectivity index is 1.47. The number of unbranched alkanes of at least 4 members (excludes halogenated alkanes) is 1. The molecule has 0 saturated heterocycles. The Kier molecular flexibility index (Phi) is 7.21. The summed E-state index contributed by atoms with van der Waals surface area (Å²) in [7, 11) is 0. The van der Waals surface area contributed by atoms with Gasteiger partial charge in [0, 0.05) is 5.92 Å². The molecule has 1 heterocycles. The van der Waals surface area contributed by atoms with E-state index in [1.807, 2.05) is 0 Å². The van der Waals surface area contributed by atoms with Gasteiger partial charge in [-0.05, 0) is 62.3 Å². The Morgan fingerprint density at radius 1 is 0.926 bits per heavy atom. The fourth-order valence-corrected chi connectivity index (χ4v) is 4.89. The van der Waals surface area contributed by atoms with Crippen molar-refractivity contribution in [2.75, 3.05) is 0 Å². The van der Waals surface area contributed by atoms with Crippen LogP contribution in [-0.2, 0) is 0 Å². The Bertz CT molecular complexity index is 675. The summed E-state index contributed by atoms with van der Waals surface area (Å²) in [6.07, 6.45) is 14.0. The number of rotatable bonds is 4. The molecule has 0 N–H and O–H groups in total. The van der Waals surface area contributed by atoms with Gasteiger partial charge >= 0.3 is 0 Å². The lowest BCUT2D eigenvalue weighted by atomic mass is 9.69. The second kappa shape index (κ2) is 9.62. The molecule has 3 rings (SSSR count). The van der Waals surface area contributed by atoms with E-state index in [4.69, 9.17) is 0 Å². The summed E-state index contributed by atoms with van der Waals surface area (Å²) in [6.45, 7) is 2.27. The smallest absolute Gasteiger partial charge is 0.202 e. The van der Waals surface area contributed by atoms with E-state index in [1.54, 1.807) is 0 Å². The quantitative estimate of drug-likeness (QED) is 0.423. The van der Waals surface area contributed by atoms with Crippen molar-refractivity contribution in [2.45, 2.75) is 77.6 Å². The monoisotopic (exact) mass is 377 g/mol. The highest BCUT2D eigenvalue weighted by Gasteiger charge is 2.30. The molecule has 1 aromatic heterocycles. The van der Waals surface area contributed by atoms with E-state index in [2.05, 4.69) is 23.7 Å². The Morgan fingerprint density at radius 3 is 2.19 bits per heavy atom. The standard InChI is InChI=1S/C23H30F3N/c1-2-3-4-16-5-10-18(11-6-16)19-12-7-17(8-13-19)9-14-20-15-21(24)23(26)27-22(20)25/h15-19H,2-8,10-13H2,1H3/t16-,17-,18-,19-. The SMILES string of the molecule is CCCC[C@H]1CC[C@H]([C@H]2CC[C@H](C#Cc3cc(F)c(F)nc3F)CC2)CC1. The Labute approximate surface area is 161 Å². The van der Waals surface area contributed by atoms with Gasteiger partial charge in [0.2, 0.25) is 5.95 Å². The second-order valence-electron chi connectivity index (χ2n) is 8.40. The average Bonchev–Trinajstić information content (AvgIpc) is 2.69. The Morgan fingerprint density at radius 2 is 1.56 bits per heavy atom. The number of aromatic nitrogens is 1. The molecule has 0 spiro atoms. The first-order chi connectivity index (χ1) is 13.1. The van der Waals surface area contributed by atoms with E-state index in [-0.39, 0.29) is 11.5 Å². The molecule has 0 aliphatic heterocycles. The van der Waals surface area contributed by atoms with E-state index < -0.39 is 17.7 Å². The number of pyridine rings is 1. The molecule has 1 nitrogen and oxygen atoms in total. The summed E-state index contributed by atoms with van der Waals surface area (Å²) in [5.74, 6) is 4.97. The fourth-order valence-electron chi connectivity index (χ4n) is 4.89. The molecule has 0 aromatic carbocycles. The van der Waals surface area contributed by atoms with Crippen LogP contribution in [0, 0.1) is 53.2 Å². The second-order valence-corrected chi connectivity index (χ2v) is 8.40. The molecule has 2 aliphatic carbocycles. The van der Waals surface area contributed by atoms with Gasteiger partial charge < -0.3 is 0 Å². The molecule has 2 saturated carbocycles. The van der Waals surface area contributed by atoms with Crippen molar-refractivity contribution in [3.05, 3.63) is 29.3 Å². The maximum atomic E-state index is 13.6. The first-order valence-electron chi connectivity index (χ1n) is 10.6. The normalized spacial score (nSPS) is 28.4. The Hall–Kier alpha value is -1.50. The van der Waals surface area contributed by atoms with Crippen LogP contribution in [0.5, 0.6) is 0 Å². The summed E-state index contributed by atoms with van der Waals surface area (Å²) in [4.78, 5) is 2.92. The first kappa shape index (κ1) is 20.2. The molecule has 0 amide bonds.